The van der Waals surface area contributed by atoms with Gasteiger partial charge >= 0.3 is 0 Å². The quantitative estimate of drug-likeness (QED) is 0.826. The smallest absolute Gasteiger partial charge is 0.260 e. The maximum atomic E-state index is 12.2. The number of nitrogens with two attached hydrogens (primary N) is 1. The number of anilines is 1. The van der Waals surface area contributed by atoms with Gasteiger partial charge in [0.2, 0.25) is 0 Å². The van der Waals surface area contributed by atoms with Crippen LogP contribution in [0.1, 0.15) is 26.7 Å². The van der Waals surface area contributed by atoms with Gasteiger partial charge in [-0.2, -0.15) is 0 Å². The molecule has 102 valence electrons. The van der Waals surface area contributed by atoms with Crippen LogP contribution in [0, 0.1) is 11.3 Å². The van der Waals surface area contributed by atoms with E-state index in [2.05, 4.69) is 23.6 Å². The van der Waals surface area contributed by atoms with Crippen molar-refractivity contribution in [1.82, 2.24) is 14.3 Å². The van der Waals surface area contributed by atoms with Crippen LogP contribution < -0.4 is 10.5 Å². The topological polar surface area (TPSA) is 90.0 Å². The molecule has 0 unspecified atom stereocenters. The van der Waals surface area contributed by atoms with Gasteiger partial charge in [0.15, 0.2) is 10.8 Å². The Balaban J connectivity index is 2.14. The van der Waals surface area contributed by atoms with Crippen molar-refractivity contribution in [2.45, 2.75) is 31.7 Å². The van der Waals surface area contributed by atoms with Gasteiger partial charge in [0, 0.05) is 13.6 Å². The van der Waals surface area contributed by atoms with E-state index >= 15 is 0 Å². The molecule has 0 aliphatic heterocycles. The number of hydrogen-bond acceptors (Lipinski definition) is 4. The number of aromatic nitrogens is 2. The van der Waals surface area contributed by atoms with Crippen LogP contribution in [-0.2, 0) is 17.1 Å². The van der Waals surface area contributed by atoms with Crippen LogP contribution >= 0.6 is 0 Å². The Labute approximate surface area is 108 Å². The van der Waals surface area contributed by atoms with E-state index in [1.165, 1.54) is 10.9 Å². The molecule has 1 aromatic heterocycles. The van der Waals surface area contributed by atoms with Crippen LogP contribution in [0.5, 0.6) is 0 Å². The maximum Gasteiger partial charge on any atom is 0.260 e. The highest BCUT2D eigenvalue weighted by atomic mass is 32.2. The zero-order valence-corrected chi connectivity index (χ0v) is 11.8. The Morgan fingerprint density at radius 2 is 2.17 bits per heavy atom. The van der Waals surface area contributed by atoms with E-state index in [4.69, 9.17) is 5.73 Å². The molecule has 0 spiro atoms. The lowest BCUT2D eigenvalue weighted by atomic mass is 9.93. The maximum absolute atomic E-state index is 12.2. The standard InChI is InChI=1S/C11H20N4O2S/c1-8(2)11(4-5-11)6-14-18(16,17)10-9(12)13-7-15(10)3/h7-8,14H,4-6,12H2,1-3H3. The summed E-state index contributed by atoms with van der Waals surface area (Å²) >= 11 is 0. The molecule has 1 aromatic rings. The van der Waals surface area contributed by atoms with Crippen molar-refractivity contribution in [2.24, 2.45) is 18.4 Å². The first-order valence-corrected chi connectivity index (χ1v) is 7.53. The molecule has 6 nitrogen and oxygen atoms in total. The number of nitrogens with one attached hydrogen (secondary N) is 1. The van der Waals surface area contributed by atoms with E-state index in [9.17, 15) is 8.42 Å². The van der Waals surface area contributed by atoms with Gasteiger partial charge in [-0.25, -0.2) is 18.1 Å². The Hall–Kier alpha value is -1.08. The van der Waals surface area contributed by atoms with Crippen molar-refractivity contribution in [3.05, 3.63) is 6.33 Å². The summed E-state index contributed by atoms with van der Waals surface area (Å²) in [5, 5.41) is 0.0436. The second kappa shape index (κ2) is 4.24. The van der Waals surface area contributed by atoms with E-state index in [1.807, 2.05) is 0 Å². The molecule has 0 bridgehead atoms. The second-order valence-electron chi connectivity index (χ2n) is 5.39. The van der Waals surface area contributed by atoms with Gasteiger partial charge in [-0.05, 0) is 24.2 Å². The van der Waals surface area contributed by atoms with Crippen LogP contribution in [-0.4, -0.2) is 24.5 Å². The summed E-state index contributed by atoms with van der Waals surface area (Å²) in [5.41, 5.74) is 5.72. The van der Waals surface area contributed by atoms with Crippen molar-refractivity contribution < 1.29 is 8.42 Å². The van der Waals surface area contributed by atoms with E-state index in [0.29, 0.717) is 12.5 Å². The number of aryl methyl sites for hydroxylation is 1. The van der Waals surface area contributed by atoms with E-state index in [1.54, 1.807) is 7.05 Å². The third-order valence-corrected chi connectivity index (χ3v) is 5.43. The van der Waals surface area contributed by atoms with Gasteiger partial charge in [0.05, 0.1) is 6.33 Å². The minimum absolute atomic E-state index is 0.0411. The summed E-state index contributed by atoms with van der Waals surface area (Å²) < 4.78 is 28.4. The fourth-order valence-electron chi connectivity index (χ4n) is 2.19. The van der Waals surface area contributed by atoms with Crippen molar-refractivity contribution in [1.29, 1.82) is 0 Å². The molecular formula is C11H20N4O2S. The Kier molecular flexibility index (Phi) is 3.14. The average molecular weight is 272 g/mol. The second-order valence-corrected chi connectivity index (χ2v) is 7.07. The van der Waals surface area contributed by atoms with Gasteiger partial charge < -0.3 is 10.3 Å². The van der Waals surface area contributed by atoms with Gasteiger partial charge in [-0.1, -0.05) is 13.8 Å². The van der Waals surface area contributed by atoms with Gasteiger partial charge in [0.25, 0.3) is 10.0 Å². The lowest BCUT2D eigenvalue weighted by Gasteiger charge is -2.20. The molecule has 1 heterocycles. The fourth-order valence-corrected chi connectivity index (χ4v) is 3.56. The SMILES string of the molecule is CC(C)C1(CNS(=O)(=O)c2c(N)ncn2C)CC1. The predicted molar refractivity (Wildman–Crippen MR) is 69.3 cm³/mol. The van der Waals surface area contributed by atoms with Crippen molar-refractivity contribution in [2.75, 3.05) is 12.3 Å². The van der Waals surface area contributed by atoms with Crippen molar-refractivity contribution >= 4 is 15.8 Å². The third-order valence-electron chi connectivity index (χ3n) is 3.90. The van der Waals surface area contributed by atoms with Crippen LogP contribution in [0.4, 0.5) is 5.82 Å². The molecule has 7 heteroatoms. The molecular weight excluding hydrogens is 252 g/mol. The summed E-state index contributed by atoms with van der Waals surface area (Å²) in [7, 11) is -1.96. The highest BCUT2D eigenvalue weighted by molar-refractivity contribution is 7.89. The number of rotatable bonds is 5. The van der Waals surface area contributed by atoms with Crippen molar-refractivity contribution in [3.8, 4) is 0 Å². The average Bonchev–Trinajstić information content (AvgIpc) is 2.98. The number of sulfonamides is 1. The number of nitrogens with zero attached hydrogens (tertiary/aromatic N) is 2. The van der Waals surface area contributed by atoms with Crippen LogP contribution in [0.2, 0.25) is 0 Å². The zero-order valence-electron chi connectivity index (χ0n) is 11.0. The molecule has 0 radical (unpaired) electrons. The van der Waals surface area contributed by atoms with Crippen LogP contribution in [0.15, 0.2) is 11.4 Å². The third kappa shape index (κ3) is 2.24. The molecule has 0 atom stereocenters. The Morgan fingerprint density at radius 1 is 1.56 bits per heavy atom. The highest BCUT2D eigenvalue weighted by Crippen LogP contribution is 2.51. The fraction of sp³-hybridized carbons (Fsp3) is 0.727. The minimum atomic E-state index is -3.58. The van der Waals surface area contributed by atoms with Gasteiger partial charge in [-0.15, -0.1) is 0 Å². The van der Waals surface area contributed by atoms with Crippen LogP contribution in [0.3, 0.4) is 0 Å². The van der Waals surface area contributed by atoms with E-state index < -0.39 is 10.0 Å². The van der Waals surface area contributed by atoms with E-state index in [-0.39, 0.29) is 16.3 Å². The molecule has 0 aromatic carbocycles. The Bertz CT molecular complexity index is 524. The molecule has 1 aliphatic carbocycles. The molecule has 0 amide bonds. The first-order valence-electron chi connectivity index (χ1n) is 6.05. The summed E-state index contributed by atoms with van der Waals surface area (Å²) in [5.74, 6) is 0.517. The van der Waals surface area contributed by atoms with Crippen LogP contribution in [0.25, 0.3) is 0 Å². The predicted octanol–water partition coefficient (Wildman–Crippen LogP) is 0.717. The lowest BCUT2D eigenvalue weighted by Crippen LogP contribution is -2.33. The van der Waals surface area contributed by atoms with Gasteiger partial charge in [0.1, 0.15) is 0 Å². The summed E-state index contributed by atoms with van der Waals surface area (Å²) in [6, 6.07) is 0. The number of hydrogen-bond donors (Lipinski definition) is 2. The normalized spacial score (nSPS) is 18.2. The number of nitrogen functional groups attached to an aromatic ring is 1. The minimum Gasteiger partial charge on any atom is -0.381 e. The van der Waals surface area contributed by atoms with E-state index in [0.717, 1.165) is 12.8 Å². The molecule has 1 aliphatic rings. The summed E-state index contributed by atoms with van der Waals surface area (Å²) in [4.78, 5) is 3.80. The molecule has 1 saturated carbocycles. The first kappa shape index (κ1) is 13.4. The summed E-state index contributed by atoms with van der Waals surface area (Å²) in [6.07, 6.45) is 3.56. The molecule has 3 N–H and O–H groups in total. The zero-order chi connectivity index (χ0) is 13.6. The largest absolute Gasteiger partial charge is 0.381 e. The molecule has 0 saturated heterocycles. The molecule has 1 fully saturated rings. The van der Waals surface area contributed by atoms with Crippen molar-refractivity contribution in [3.63, 3.8) is 0 Å². The summed E-state index contributed by atoms with van der Waals surface area (Å²) in [6.45, 7) is 4.72. The van der Waals surface area contributed by atoms with Gasteiger partial charge in [-0.3, -0.25) is 0 Å². The lowest BCUT2D eigenvalue weighted by molar-refractivity contribution is 0.357. The number of imidazole rings is 1. The molecule has 18 heavy (non-hydrogen) atoms. The highest BCUT2D eigenvalue weighted by Gasteiger charge is 2.46. The molecule has 2 rings (SSSR count). The first-order chi connectivity index (χ1) is 8.28. The Morgan fingerprint density at radius 3 is 2.56 bits per heavy atom. The monoisotopic (exact) mass is 272 g/mol.